The second-order valence-electron chi connectivity index (χ2n) is 5.28. The molecule has 22 heavy (non-hydrogen) atoms. The number of urea groups is 1. The molecule has 1 saturated heterocycles. The average molecular weight is 317 g/mol. The van der Waals surface area contributed by atoms with Crippen LogP contribution in [0.4, 0.5) is 4.79 Å². The number of carbonyl (C=O) groups excluding carboxylic acids is 1. The first-order chi connectivity index (χ1) is 10.7. The van der Waals surface area contributed by atoms with E-state index in [4.69, 9.17) is 4.74 Å². The Morgan fingerprint density at radius 2 is 1.91 bits per heavy atom. The molecular formula is C16H19N3O2S. The summed E-state index contributed by atoms with van der Waals surface area (Å²) in [6, 6.07) is 7.60. The number of likely N-dealkylation sites (tertiary alicyclic amines) is 1. The molecule has 3 rings (SSSR count). The van der Waals surface area contributed by atoms with Gasteiger partial charge in [0.25, 0.3) is 0 Å². The van der Waals surface area contributed by atoms with Gasteiger partial charge in [-0.05, 0) is 44.0 Å². The van der Waals surface area contributed by atoms with E-state index in [1.807, 2.05) is 46.9 Å². The van der Waals surface area contributed by atoms with Gasteiger partial charge in [-0.3, -0.25) is 4.57 Å². The molecule has 5 nitrogen and oxygen atoms in total. The van der Waals surface area contributed by atoms with E-state index in [1.54, 1.807) is 7.11 Å². The van der Waals surface area contributed by atoms with Crippen LogP contribution in [0.1, 0.15) is 17.7 Å². The van der Waals surface area contributed by atoms with Crippen LogP contribution in [0.15, 0.2) is 35.5 Å². The quantitative estimate of drug-likeness (QED) is 0.855. The number of hydrogen-bond donors (Lipinski definition) is 0. The third-order valence-electron chi connectivity index (χ3n) is 3.69. The van der Waals surface area contributed by atoms with Crippen molar-refractivity contribution in [3.8, 4) is 11.4 Å². The lowest BCUT2D eigenvalue weighted by Crippen LogP contribution is -2.27. The Morgan fingerprint density at radius 1 is 1.23 bits per heavy atom. The number of carbonyl (C=O) groups is 1. The first-order valence-electron chi connectivity index (χ1n) is 7.34. The molecule has 0 atom stereocenters. The maximum Gasteiger partial charge on any atom is 0.346 e. The number of nitrogens with zero attached hydrogens (tertiary/aromatic N) is 3. The van der Waals surface area contributed by atoms with Crippen molar-refractivity contribution in [1.29, 1.82) is 0 Å². The normalized spacial score (nSPS) is 15.4. The highest BCUT2D eigenvalue weighted by molar-refractivity contribution is 7.09. The Labute approximate surface area is 133 Å². The Hall–Kier alpha value is -2.08. The van der Waals surface area contributed by atoms with Gasteiger partial charge in [0, 0.05) is 29.9 Å². The van der Waals surface area contributed by atoms with Crippen LogP contribution in [0.5, 0.6) is 5.75 Å². The van der Waals surface area contributed by atoms with E-state index in [0.717, 1.165) is 42.2 Å². The van der Waals surface area contributed by atoms with Crippen LogP contribution in [0.2, 0.25) is 0 Å². The van der Waals surface area contributed by atoms with Gasteiger partial charge in [0.2, 0.25) is 0 Å². The molecule has 0 spiro atoms. The molecule has 1 fully saturated rings. The zero-order valence-corrected chi connectivity index (χ0v) is 13.6. The fraction of sp³-hybridized carbons (Fsp3) is 0.375. The van der Waals surface area contributed by atoms with Gasteiger partial charge < -0.3 is 9.64 Å². The Bertz CT molecular complexity index is 725. The summed E-state index contributed by atoms with van der Waals surface area (Å²) in [5.41, 5.74) is 0.970. The van der Waals surface area contributed by atoms with Crippen molar-refractivity contribution in [3.05, 3.63) is 40.1 Å². The molecule has 2 amide bonds. The molecule has 0 saturated carbocycles. The summed E-state index contributed by atoms with van der Waals surface area (Å²) >= 11 is 1.52. The number of amides is 2. The van der Waals surface area contributed by atoms with Crippen LogP contribution < -0.4 is 9.54 Å². The molecule has 1 aromatic carbocycles. The average Bonchev–Trinajstić information content (AvgIpc) is 3.17. The van der Waals surface area contributed by atoms with Gasteiger partial charge in [-0.2, -0.15) is 4.99 Å². The summed E-state index contributed by atoms with van der Waals surface area (Å²) in [5.74, 6) is 0.808. The Balaban J connectivity index is 1.96. The highest BCUT2D eigenvalue weighted by Gasteiger charge is 2.17. The molecule has 6 heteroatoms. The smallest absolute Gasteiger partial charge is 0.346 e. The van der Waals surface area contributed by atoms with Crippen LogP contribution in [-0.2, 0) is 0 Å². The highest BCUT2D eigenvalue weighted by Crippen LogP contribution is 2.16. The summed E-state index contributed by atoms with van der Waals surface area (Å²) < 4.78 is 7.13. The van der Waals surface area contributed by atoms with Gasteiger partial charge in [-0.1, -0.05) is 0 Å². The van der Waals surface area contributed by atoms with Crippen LogP contribution in [-0.4, -0.2) is 35.7 Å². The SMILES string of the molecule is COc1ccc(-n2cc(C)sc2=NC(=O)N2CCCC2)cc1. The summed E-state index contributed by atoms with van der Waals surface area (Å²) in [4.78, 5) is 20.2. The topological polar surface area (TPSA) is 46.8 Å². The monoisotopic (exact) mass is 317 g/mol. The number of hydrogen-bond acceptors (Lipinski definition) is 3. The van der Waals surface area contributed by atoms with E-state index in [1.165, 1.54) is 11.3 Å². The van der Waals surface area contributed by atoms with Gasteiger partial charge in [-0.25, -0.2) is 4.79 Å². The lowest BCUT2D eigenvalue weighted by molar-refractivity contribution is 0.218. The molecule has 0 radical (unpaired) electrons. The molecule has 0 bridgehead atoms. The molecule has 0 N–H and O–H groups in total. The van der Waals surface area contributed by atoms with Crippen molar-refractivity contribution >= 4 is 17.4 Å². The summed E-state index contributed by atoms with van der Waals surface area (Å²) in [6.45, 7) is 3.65. The number of aryl methyl sites for hydroxylation is 1. The zero-order valence-electron chi connectivity index (χ0n) is 12.8. The van der Waals surface area contributed by atoms with Crippen molar-refractivity contribution < 1.29 is 9.53 Å². The van der Waals surface area contributed by atoms with Crippen molar-refractivity contribution in [2.45, 2.75) is 19.8 Å². The van der Waals surface area contributed by atoms with Crippen LogP contribution in [0, 0.1) is 6.92 Å². The number of rotatable bonds is 2. The van der Waals surface area contributed by atoms with Gasteiger partial charge in [-0.15, -0.1) is 11.3 Å². The first-order valence-corrected chi connectivity index (χ1v) is 8.16. The van der Waals surface area contributed by atoms with Crippen LogP contribution in [0.25, 0.3) is 5.69 Å². The second kappa shape index (κ2) is 6.36. The molecule has 116 valence electrons. The zero-order chi connectivity index (χ0) is 15.5. The Kier molecular flexibility index (Phi) is 4.29. The molecule has 0 unspecified atom stereocenters. The van der Waals surface area contributed by atoms with Gasteiger partial charge in [0.15, 0.2) is 4.80 Å². The number of aromatic nitrogens is 1. The minimum absolute atomic E-state index is 0.137. The number of benzene rings is 1. The third-order valence-corrected chi connectivity index (χ3v) is 4.59. The minimum atomic E-state index is -0.137. The summed E-state index contributed by atoms with van der Waals surface area (Å²) in [5, 5.41) is 0. The van der Waals surface area contributed by atoms with Crippen LogP contribution >= 0.6 is 11.3 Å². The van der Waals surface area contributed by atoms with Gasteiger partial charge >= 0.3 is 6.03 Å². The van der Waals surface area contributed by atoms with Crippen LogP contribution in [0.3, 0.4) is 0 Å². The fourth-order valence-corrected chi connectivity index (χ4v) is 3.35. The van der Waals surface area contributed by atoms with Gasteiger partial charge in [0.1, 0.15) is 5.75 Å². The van der Waals surface area contributed by atoms with Crippen molar-refractivity contribution in [2.75, 3.05) is 20.2 Å². The van der Waals surface area contributed by atoms with Gasteiger partial charge in [0.05, 0.1) is 7.11 Å². The van der Waals surface area contributed by atoms with E-state index in [0.29, 0.717) is 4.80 Å². The highest BCUT2D eigenvalue weighted by atomic mass is 32.1. The molecule has 1 aliphatic heterocycles. The number of thiazole rings is 1. The molecule has 1 aromatic heterocycles. The number of ether oxygens (including phenoxy) is 1. The largest absolute Gasteiger partial charge is 0.497 e. The van der Waals surface area contributed by atoms with Crippen molar-refractivity contribution in [2.24, 2.45) is 4.99 Å². The summed E-state index contributed by atoms with van der Waals surface area (Å²) in [7, 11) is 1.65. The molecule has 2 aromatic rings. The lowest BCUT2D eigenvalue weighted by atomic mass is 10.3. The maximum atomic E-state index is 12.2. The van der Waals surface area contributed by atoms with E-state index >= 15 is 0 Å². The Morgan fingerprint density at radius 3 is 2.55 bits per heavy atom. The first kappa shape index (κ1) is 14.8. The standard InChI is InChI=1S/C16H19N3O2S/c1-12-11-19(13-5-7-14(21-2)8-6-13)16(22-12)17-15(20)18-9-3-4-10-18/h5-8,11H,3-4,9-10H2,1-2H3. The van der Waals surface area contributed by atoms with Crippen molar-refractivity contribution in [3.63, 3.8) is 0 Å². The van der Waals surface area contributed by atoms with Crippen molar-refractivity contribution in [1.82, 2.24) is 9.47 Å². The van der Waals surface area contributed by atoms with E-state index < -0.39 is 0 Å². The number of methoxy groups -OCH3 is 1. The maximum absolute atomic E-state index is 12.2. The fourth-order valence-electron chi connectivity index (χ4n) is 2.52. The molecule has 2 heterocycles. The molecule has 0 aliphatic carbocycles. The molecule has 1 aliphatic rings. The molecular weight excluding hydrogens is 298 g/mol. The lowest BCUT2D eigenvalue weighted by Gasteiger charge is -2.10. The van der Waals surface area contributed by atoms with E-state index in [9.17, 15) is 4.79 Å². The predicted octanol–water partition coefficient (Wildman–Crippen LogP) is 2.97. The minimum Gasteiger partial charge on any atom is -0.497 e. The summed E-state index contributed by atoms with van der Waals surface area (Å²) in [6.07, 6.45) is 4.15. The van der Waals surface area contributed by atoms with E-state index in [-0.39, 0.29) is 6.03 Å². The predicted molar refractivity (Wildman–Crippen MR) is 86.7 cm³/mol. The third kappa shape index (κ3) is 3.06. The second-order valence-corrected chi connectivity index (χ2v) is 6.49. The van der Waals surface area contributed by atoms with E-state index in [2.05, 4.69) is 4.99 Å².